The fraction of sp³-hybridized carbons (Fsp3) is 0.500. The molecule has 1 atom stereocenters. The molecule has 150 valence electrons. The maximum absolute atomic E-state index is 5.63. The lowest BCUT2D eigenvalue weighted by molar-refractivity contribution is 0.0858. The monoisotopic (exact) mass is 386 g/mol. The Kier molecular flexibility index (Phi) is 5.38. The number of nitrogens with zero attached hydrogens (tertiary/aromatic N) is 3. The van der Waals surface area contributed by atoms with E-state index in [2.05, 4.69) is 28.7 Å². The first-order valence-electron chi connectivity index (χ1n) is 9.58. The smallest absolute Gasteiger partial charge is 0.231 e. The Morgan fingerprint density at radius 2 is 2.18 bits per heavy atom. The molecule has 1 aromatic heterocycles. The summed E-state index contributed by atoms with van der Waals surface area (Å²) in [7, 11) is 1.63. The zero-order chi connectivity index (χ0) is 19.5. The molecule has 2 aliphatic heterocycles. The Labute approximate surface area is 164 Å². The predicted octanol–water partition coefficient (Wildman–Crippen LogP) is 2.43. The van der Waals surface area contributed by atoms with Gasteiger partial charge in [0, 0.05) is 44.2 Å². The first-order chi connectivity index (χ1) is 13.7. The highest BCUT2D eigenvalue weighted by Gasteiger charge is 2.25. The molecule has 8 heteroatoms. The third-order valence-corrected chi connectivity index (χ3v) is 4.99. The summed E-state index contributed by atoms with van der Waals surface area (Å²) in [6.45, 7) is 6.71. The molecule has 0 fully saturated rings. The van der Waals surface area contributed by atoms with Crippen LogP contribution in [-0.2, 0) is 24.3 Å². The summed E-state index contributed by atoms with van der Waals surface area (Å²) in [6, 6.07) is 3.96. The van der Waals surface area contributed by atoms with Gasteiger partial charge in [-0.25, -0.2) is 0 Å². The number of benzene rings is 1. The molecule has 1 aromatic carbocycles. The van der Waals surface area contributed by atoms with Crippen LogP contribution in [0.1, 0.15) is 30.2 Å². The molecule has 28 heavy (non-hydrogen) atoms. The van der Waals surface area contributed by atoms with Crippen LogP contribution in [0.4, 0.5) is 0 Å². The predicted molar refractivity (Wildman–Crippen MR) is 104 cm³/mol. The zero-order valence-corrected chi connectivity index (χ0v) is 16.5. The van der Waals surface area contributed by atoms with Crippen LogP contribution in [0.15, 0.2) is 23.5 Å². The van der Waals surface area contributed by atoms with E-state index in [4.69, 9.17) is 19.0 Å². The molecule has 0 saturated carbocycles. The van der Waals surface area contributed by atoms with Gasteiger partial charge in [0.15, 0.2) is 11.5 Å². The van der Waals surface area contributed by atoms with Crippen molar-refractivity contribution in [3.05, 3.63) is 35.2 Å². The molecule has 3 heterocycles. The molecule has 1 N–H and O–H groups in total. The number of hydrogen-bond acceptors (Lipinski definition) is 7. The summed E-state index contributed by atoms with van der Waals surface area (Å²) < 4.78 is 18.3. The van der Waals surface area contributed by atoms with Crippen LogP contribution in [-0.4, -0.2) is 42.0 Å². The molecule has 0 bridgehead atoms. The molecule has 0 unspecified atom stereocenters. The average molecular weight is 386 g/mol. The van der Waals surface area contributed by atoms with Gasteiger partial charge < -0.3 is 24.4 Å². The molecule has 0 aliphatic carbocycles. The fourth-order valence-electron chi connectivity index (χ4n) is 3.50. The van der Waals surface area contributed by atoms with Crippen LogP contribution >= 0.6 is 0 Å². The minimum absolute atomic E-state index is 0.0199. The van der Waals surface area contributed by atoms with Crippen molar-refractivity contribution >= 4 is 5.71 Å². The lowest BCUT2D eigenvalue weighted by Crippen LogP contribution is -2.23. The van der Waals surface area contributed by atoms with Crippen molar-refractivity contribution in [2.45, 2.75) is 45.9 Å². The van der Waals surface area contributed by atoms with Gasteiger partial charge in [-0.3, -0.25) is 4.68 Å². The van der Waals surface area contributed by atoms with E-state index in [9.17, 15) is 0 Å². The number of ether oxygens (including phenoxy) is 3. The van der Waals surface area contributed by atoms with Gasteiger partial charge in [-0.2, -0.15) is 5.10 Å². The zero-order valence-electron chi connectivity index (χ0n) is 16.5. The van der Waals surface area contributed by atoms with Crippen molar-refractivity contribution in [3.63, 3.8) is 0 Å². The number of oxime groups is 1. The summed E-state index contributed by atoms with van der Waals surface area (Å²) in [4.78, 5) is 5.63. The minimum Gasteiger partial charge on any atom is -0.493 e. The van der Waals surface area contributed by atoms with E-state index in [0.29, 0.717) is 18.0 Å². The summed E-state index contributed by atoms with van der Waals surface area (Å²) in [5.41, 5.74) is 4.38. The van der Waals surface area contributed by atoms with Gasteiger partial charge >= 0.3 is 0 Å². The first-order valence-corrected chi connectivity index (χ1v) is 9.58. The molecule has 2 aliphatic rings. The van der Waals surface area contributed by atoms with Crippen LogP contribution in [0, 0.1) is 6.92 Å². The van der Waals surface area contributed by atoms with Crippen molar-refractivity contribution in [3.8, 4) is 17.2 Å². The van der Waals surface area contributed by atoms with Crippen LogP contribution in [0.5, 0.6) is 17.2 Å². The Bertz CT molecular complexity index is 877. The highest BCUT2D eigenvalue weighted by molar-refractivity contribution is 5.87. The number of nitrogens with one attached hydrogen (secondary N) is 1. The van der Waals surface area contributed by atoms with Gasteiger partial charge in [0.2, 0.25) is 12.5 Å². The van der Waals surface area contributed by atoms with Gasteiger partial charge in [0.25, 0.3) is 0 Å². The second-order valence-electron chi connectivity index (χ2n) is 7.02. The second-order valence-corrected chi connectivity index (χ2v) is 7.02. The van der Waals surface area contributed by atoms with E-state index in [-0.39, 0.29) is 12.9 Å². The molecule has 0 saturated heterocycles. The summed E-state index contributed by atoms with van der Waals surface area (Å²) in [6.07, 6.45) is 3.65. The summed E-state index contributed by atoms with van der Waals surface area (Å²) >= 11 is 0. The number of rotatable bonds is 8. The number of hydrogen-bond donors (Lipinski definition) is 1. The van der Waals surface area contributed by atoms with Crippen LogP contribution < -0.4 is 19.5 Å². The Balaban J connectivity index is 1.28. The minimum atomic E-state index is 0.0199. The fourth-order valence-corrected chi connectivity index (χ4v) is 3.50. The molecule has 8 nitrogen and oxygen atoms in total. The maximum Gasteiger partial charge on any atom is 0.231 e. The molecule has 2 aromatic rings. The normalized spacial score (nSPS) is 17.5. The van der Waals surface area contributed by atoms with Crippen molar-refractivity contribution < 1.29 is 19.0 Å². The first kappa shape index (κ1) is 18.6. The van der Waals surface area contributed by atoms with Gasteiger partial charge in [-0.15, -0.1) is 0 Å². The van der Waals surface area contributed by atoms with Crippen LogP contribution in [0.3, 0.4) is 0 Å². The van der Waals surface area contributed by atoms with E-state index in [1.54, 1.807) is 7.11 Å². The van der Waals surface area contributed by atoms with E-state index in [1.165, 1.54) is 5.56 Å². The number of fused-ring (bicyclic) bond motifs is 1. The Morgan fingerprint density at radius 3 is 2.96 bits per heavy atom. The molecule has 0 amide bonds. The third-order valence-electron chi connectivity index (χ3n) is 4.99. The van der Waals surface area contributed by atoms with Crippen LogP contribution in [0.25, 0.3) is 0 Å². The van der Waals surface area contributed by atoms with Crippen LogP contribution in [0.2, 0.25) is 0 Å². The highest BCUT2D eigenvalue weighted by Crippen LogP contribution is 2.42. The quantitative estimate of drug-likeness (QED) is 0.751. The number of methoxy groups -OCH3 is 1. The van der Waals surface area contributed by atoms with Crippen molar-refractivity contribution in [1.82, 2.24) is 15.1 Å². The summed E-state index contributed by atoms with van der Waals surface area (Å²) in [5, 5.41) is 12.2. The SMILES string of the molecule is CCn1cc(CNCC2=NO[C@H](Cc3cc(OC)c4c(c3)OCO4)C2)c(C)n1. The lowest BCUT2D eigenvalue weighted by Gasteiger charge is -2.11. The number of aryl methyl sites for hydroxylation is 2. The molecule has 0 radical (unpaired) electrons. The highest BCUT2D eigenvalue weighted by atomic mass is 16.7. The molecular weight excluding hydrogens is 360 g/mol. The van der Waals surface area contributed by atoms with E-state index >= 15 is 0 Å². The van der Waals surface area contributed by atoms with E-state index in [1.807, 2.05) is 23.7 Å². The molecule has 4 rings (SSSR count). The molecule has 0 spiro atoms. The van der Waals surface area contributed by atoms with E-state index < -0.39 is 0 Å². The average Bonchev–Trinajstić information content (AvgIpc) is 3.42. The second kappa shape index (κ2) is 8.10. The van der Waals surface area contributed by atoms with Gasteiger partial charge in [-0.05, 0) is 31.5 Å². The van der Waals surface area contributed by atoms with E-state index in [0.717, 1.165) is 48.6 Å². The summed E-state index contributed by atoms with van der Waals surface area (Å²) in [5.74, 6) is 2.08. The van der Waals surface area contributed by atoms with Crippen molar-refractivity contribution in [1.29, 1.82) is 0 Å². The maximum atomic E-state index is 5.63. The standard InChI is InChI=1S/C20H26N4O4/c1-4-24-11-15(13(2)22-24)9-21-10-16-8-17(28-23-16)5-14-6-18(25-3)20-19(7-14)26-12-27-20/h6-7,11,17,21H,4-5,8-10,12H2,1-3H3/t17-/m1/s1. The largest absolute Gasteiger partial charge is 0.493 e. The van der Waals surface area contributed by atoms with Gasteiger partial charge in [-0.1, -0.05) is 5.16 Å². The Hall–Kier alpha value is -2.74. The topological polar surface area (TPSA) is 79.1 Å². The van der Waals surface area contributed by atoms with Gasteiger partial charge in [0.1, 0.15) is 6.10 Å². The van der Waals surface area contributed by atoms with Gasteiger partial charge in [0.05, 0.1) is 18.5 Å². The lowest BCUT2D eigenvalue weighted by atomic mass is 10.0. The Morgan fingerprint density at radius 1 is 1.29 bits per heavy atom. The third kappa shape index (κ3) is 3.91. The van der Waals surface area contributed by atoms with Crippen molar-refractivity contribution in [2.75, 3.05) is 20.4 Å². The molecular formula is C20H26N4O4. The van der Waals surface area contributed by atoms with Crippen molar-refractivity contribution in [2.24, 2.45) is 5.16 Å². The number of aromatic nitrogens is 2.